The maximum atomic E-state index is 14.6. The first kappa shape index (κ1) is 23.8. The van der Waals surface area contributed by atoms with Crippen molar-refractivity contribution in [2.24, 2.45) is 0 Å². The minimum Gasteiger partial charge on any atom is -0.461 e. The quantitative estimate of drug-likeness (QED) is 0.211. The summed E-state index contributed by atoms with van der Waals surface area (Å²) in [6, 6.07) is 12.7. The Hall–Kier alpha value is -2.50. The Morgan fingerprint density at radius 3 is 2.00 bits per heavy atom. The van der Waals surface area contributed by atoms with Gasteiger partial charge in [-0.1, -0.05) is 50.6 Å². The Balaban J connectivity index is 2.05. The van der Waals surface area contributed by atoms with E-state index < -0.39 is 17.9 Å². The van der Waals surface area contributed by atoms with Crippen LogP contribution in [0.4, 0.5) is 8.78 Å². The van der Waals surface area contributed by atoms with Crippen LogP contribution in [0.5, 0.6) is 5.75 Å². The van der Waals surface area contributed by atoms with Crippen molar-refractivity contribution in [3.05, 3.63) is 77.4 Å². The highest BCUT2D eigenvalue weighted by atomic mass is 19.2. The van der Waals surface area contributed by atoms with Crippen LogP contribution >= 0.6 is 0 Å². The van der Waals surface area contributed by atoms with Crippen molar-refractivity contribution in [1.29, 1.82) is 0 Å². The Morgan fingerprint density at radius 1 is 0.967 bits per heavy atom. The molecule has 0 radical (unpaired) electrons. The maximum absolute atomic E-state index is 14.6. The normalized spacial score (nSPS) is 13.2. The van der Waals surface area contributed by atoms with Crippen LogP contribution in [0, 0.1) is 0 Å². The molecule has 5 heteroatoms. The molecule has 2 aromatic rings. The zero-order valence-corrected chi connectivity index (χ0v) is 18.0. The Morgan fingerprint density at radius 2 is 1.50 bits per heavy atom. The van der Waals surface area contributed by atoms with Crippen molar-refractivity contribution in [3.8, 4) is 5.75 Å². The number of hydrogen-bond acceptors (Lipinski definition) is 3. The molecular formula is C25H31F2NO2. The highest BCUT2D eigenvalue weighted by Gasteiger charge is 2.14. The molecule has 1 N–H and O–H groups in total. The summed E-state index contributed by atoms with van der Waals surface area (Å²) >= 11 is 0. The van der Waals surface area contributed by atoms with Crippen molar-refractivity contribution in [2.75, 3.05) is 20.6 Å². The largest absolute Gasteiger partial charge is 0.461 e. The number of benzene rings is 2. The monoisotopic (exact) mass is 415 g/mol. The zero-order valence-electron chi connectivity index (χ0n) is 18.0. The van der Waals surface area contributed by atoms with E-state index >= 15 is 0 Å². The second-order valence-corrected chi connectivity index (χ2v) is 7.67. The first-order chi connectivity index (χ1) is 14.3. The van der Waals surface area contributed by atoms with Crippen LogP contribution in [-0.2, 0) is 6.42 Å². The predicted molar refractivity (Wildman–Crippen MR) is 119 cm³/mol. The average molecular weight is 416 g/mol. The first-order valence-corrected chi connectivity index (χ1v) is 10.2. The van der Waals surface area contributed by atoms with Gasteiger partial charge in [-0.2, -0.15) is 0 Å². The third-order valence-corrected chi connectivity index (χ3v) is 4.69. The van der Waals surface area contributed by atoms with Crippen LogP contribution < -0.4 is 4.74 Å². The lowest BCUT2D eigenvalue weighted by atomic mass is 10.0. The predicted octanol–water partition coefficient (Wildman–Crippen LogP) is 6.00. The van der Waals surface area contributed by atoms with Gasteiger partial charge in [-0.3, -0.25) is 0 Å². The molecule has 0 aromatic heterocycles. The fraction of sp³-hybridized carbons (Fsp3) is 0.360. The summed E-state index contributed by atoms with van der Waals surface area (Å²) in [5.74, 6) is -1.49. The van der Waals surface area contributed by atoms with E-state index in [1.807, 2.05) is 31.1 Å². The van der Waals surface area contributed by atoms with Gasteiger partial charge in [-0.15, -0.1) is 0 Å². The summed E-state index contributed by atoms with van der Waals surface area (Å²) in [6.45, 7) is 6.41. The van der Waals surface area contributed by atoms with Crippen molar-refractivity contribution >= 4 is 11.7 Å². The molecule has 3 nitrogen and oxygen atoms in total. The molecule has 0 saturated carbocycles. The van der Waals surface area contributed by atoms with Gasteiger partial charge in [-0.05, 0) is 56.8 Å². The van der Waals surface area contributed by atoms with Gasteiger partial charge in [0, 0.05) is 23.2 Å². The summed E-state index contributed by atoms with van der Waals surface area (Å²) in [5, 5.41) is 10.0. The summed E-state index contributed by atoms with van der Waals surface area (Å²) in [7, 11) is 3.71. The fourth-order valence-corrected chi connectivity index (χ4v) is 3.03. The Bertz CT molecular complexity index is 842. The van der Waals surface area contributed by atoms with Gasteiger partial charge in [0.25, 0.3) is 0 Å². The molecular weight excluding hydrogens is 384 g/mol. The topological polar surface area (TPSA) is 32.7 Å². The van der Waals surface area contributed by atoms with Gasteiger partial charge >= 0.3 is 0 Å². The minimum absolute atomic E-state index is 0.105. The highest BCUT2D eigenvalue weighted by Crippen LogP contribution is 2.30. The van der Waals surface area contributed by atoms with Crippen LogP contribution in [0.1, 0.15) is 42.9 Å². The van der Waals surface area contributed by atoms with E-state index in [1.54, 1.807) is 12.1 Å². The molecule has 30 heavy (non-hydrogen) atoms. The number of aliphatic hydroxyl groups excluding tert-OH is 1. The molecule has 162 valence electrons. The van der Waals surface area contributed by atoms with Crippen molar-refractivity contribution < 1.29 is 18.6 Å². The molecule has 0 aliphatic carbocycles. The van der Waals surface area contributed by atoms with Crippen LogP contribution in [0.15, 0.2) is 60.7 Å². The molecule has 0 fully saturated rings. The molecule has 2 aromatic carbocycles. The Kier molecular flexibility index (Phi) is 9.21. The summed E-state index contributed by atoms with van der Waals surface area (Å²) < 4.78 is 34.6. The van der Waals surface area contributed by atoms with Crippen LogP contribution in [0.25, 0.3) is 11.7 Å². The van der Waals surface area contributed by atoms with E-state index in [4.69, 9.17) is 4.74 Å². The van der Waals surface area contributed by atoms with E-state index in [-0.39, 0.29) is 11.1 Å². The van der Waals surface area contributed by atoms with E-state index in [2.05, 4.69) is 13.5 Å². The molecule has 0 aliphatic rings. The lowest BCUT2D eigenvalue weighted by molar-refractivity contribution is 0.0109. The van der Waals surface area contributed by atoms with Gasteiger partial charge in [-0.25, -0.2) is 8.78 Å². The SMILES string of the molecule is C=C(CN(C)C)C(O)Oc1ccc(/C(F)=C(\F)c2ccc(CCCCC)cc2)cc1. The van der Waals surface area contributed by atoms with Crippen LogP contribution in [-0.4, -0.2) is 36.9 Å². The molecule has 1 atom stereocenters. The van der Waals surface area contributed by atoms with Crippen LogP contribution in [0.2, 0.25) is 0 Å². The number of unbranched alkanes of at least 4 members (excludes halogenated alkanes) is 2. The van der Waals surface area contributed by atoms with Gasteiger partial charge in [0.2, 0.25) is 6.29 Å². The fourth-order valence-electron chi connectivity index (χ4n) is 3.03. The third-order valence-electron chi connectivity index (χ3n) is 4.69. The highest BCUT2D eigenvalue weighted by molar-refractivity contribution is 5.83. The number of hydrogen-bond donors (Lipinski definition) is 1. The molecule has 0 aliphatic heterocycles. The van der Waals surface area contributed by atoms with Crippen molar-refractivity contribution in [2.45, 2.75) is 38.9 Å². The summed E-state index contributed by atoms with van der Waals surface area (Å²) in [4.78, 5) is 1.86. The second-order valence-electron chi connectivity index (χ2n) is 7.67. The second kappa shape index (κ2) is 11.6. The van der Waals surface area contributed by atoms with E-state index in [0.717, 1.165) is 31.2 Å². The number of nitrogens with zero attached hydrogens (tertiary/aromatic N) is 1. The van der Waals surface area contributed by atoms with Crippen LogP contribution in [0.3, 0.4) is 0 Å². The zero-order chi connectivity index (χ0) is 22.1. The molecule has 0 saturated heterocycles. The lowest BCUT2D eigenvalue weighted by Crippen LogP contribution is -2.26. The molecule has 0 amide bonds. The number of ether oxygens (including phenoxy) is 1. The minimum atomic E-state index is -1.17. The van der Waals surface area contributed by atoms with E-state index in [9.17, 15) is 13.9 Å². The molecule has 0 bridgehead atoms. The Labute approximate surface area is 178 Å². The standard InChI is InChI=1S/C25H31F2NO2/c1-5-6-7-8-19-9-11-20(12-10-19)23(26)24(27)21-13-15-22(16-14-21)30-25(29)18(2)17-28(3)4/h9-16,25,29H,2,5-8,17H2,1,3-4H3/b24-23+. The molecule has 0 heterocycles. The number of rotatable bonds is 11. The van der Waals surface area contributed by atoms with E-state index in [1.165, 1.54) is 24.3 Å². The summed E-state index contributed by atoms with van der Waals surface area (Å²) in [6.07, 6.45) is 3.16. The van der Waals surface area contributed by atoms with Crippen molar-refractivity contribution in [1.82, 2.24) is 4.90 Å². The molecule has 0 spiro atoms. The average Bonchev–Trinajstić information content (AvgIpc) is 2.73. The smallest absolute Gasteiger partial charge is 0.221 e. The van der Waals surface area contributed by atoms with Gasteiger partial charge in [0.05, 0.1) is 0 Å². The lowest BCUT2D eigenvalue weighted by Gasteiger charge is -2.18. The van der Waals surface area contributed by atoms with Crippen molar-refractivity contribution in [3.63, 3.8) is 0 Å². The first-order valence-electron chi connectivity index (χ1n) is 10.2. The summed E-state index contributed by atoms with van der Waals surface area (Å²) in [5.41, 5.74) is 1.94. The number of aryl methyl sites for hydroxylation is 1. The molecule has 2 rings (SSSR count). The van der Waals surface area contributed by atoms with E-state index in [0.29, 0.717) is 17.9 Å². The molecule has 1 unspecified atom stereocenters. The number of halogens is 2. The van der Waals surface area contributed by atoms with Gasteiger partial charge in [0.1, 0.15) is 5.75 Å². The third kappa shape index (κ3) is 7.08. The number of likely N-dealkylation sites (N-methyl/N-ethyl adjacent to an activating group) is 1. The van der Waals surface area contributed by atoms with Gasteiger partial charge < -0.3 is 14.7 Å². The maximum Gasteiger partial charge on any atom is 0.221 e. The number of aliphatic hydroxyl groups is 1. The van der Waals surface area contributed by atoms with Gasteiger partial charge in [0.15, 0.2) is 11.7 Å².